The minimum Gasteiger partial charge on any atom is -0.481 e. The van der Waals surface area contributed by atoms with Gasteiger partial charge in [-0.2, -0.15) is 0 Å². The summed E-state index contributed by atoms with van der Waals surface area (Å²) >= 11 is 0. The summed E-state index contributed by atoms with van der Waals surface area (Å²) in [5, 5.41) is 27.0. The SMILES string of the molecule is Cc1c(-n2cc(CC(=O)O)nn2)cccc1[N+](=O)[O-]. The lowest BCUT2D eigenvalue weighted by molar-refractivity contribution is -0.385. The van der Waals surface area contributed by atoms with E-state index in [4.69, 9.17) is 5.11 Å². The van der Waals surface area contributed by atoms with Gasteiger partial charge in [0.05, 0.1) is 34.5 Å². The maximum absolute atomic E-state index is 10.8. The first-order chi connectivity index (χ1) is 8.99. The molecule has 0 fully saturated rings. The van der Waals surface area contributed by atoms with E-state index in [2.05, 4.69) is 10.3 Å². The molecule has 0 radical (unpaired) electrons. The number of nitro groups is 1. The second-order valence-electron chi connectivity index (χ2n) is 3.90. The molecule has 19 heavy (non-hydrogen) atoms. The van der Waals surface area contributed by atoms with E-state index in [1.54, 1.807) is 19.1 Å². The number of aromatic nitrogens is 3. The summed E-state index contributed by atoms with van der Waals surface area (Å²) in [4.78, 5) is 20.9. The molecule has 1 N–H and O–H groups in total. The Hall–Kier alpha value is -2.77. The molecule has 2 rings (SSSR count). The van der Waals surface area contributed by atoms with E-state index in [9.17, 15) is 14.9 Å². The van der Waals surface area contributed by atoms with Crippen molar-refractivity contribution >= 4 is 11.7 Å². The third-order valence-electron chi connectivity index (χ3n) is 2.59. The lowest BCUT2D eigenvalue weighted by Crippen LogP contribution is -2.01. The van der Waals surface area contributed by atoms with Crippen molar-refractivity contribution in [2.24, 2.45) is 0 Å². The lowest BCUT2D eigenvalue weighted by Gasteiger charge is -2.04. The Morgan fingerprint density at radius 1 is 1.53 bits per heavy atom. The molecular weight excluding hydrogens is 252 g/mol. The van der Waals surface area contributed by atoms with Crippen LogP contribution in [-0.2, 0) is 11.2 Å². The van der Waals surface area contributed by atoms with Crippen LogP contribution in [0.1, 0.15) is 11.3 Å². The van der Waals surface area contributed by atoms with Gasteiger partial charge >= 0.3 is 5.97 Å². The molecule has 8 heteroatoms. The molecule has 98 valence electrons. The number of carboxylic acids is 1. The number of hydrogen-bond donors (Lipinski definition) is 1. The summed E-state index contributed by atoms with van der Waals surface area (Å²) in [5.41, 5.74) is 1.21. The van der Waals surface area contributed by atoms with Crippen LogP contribution in [-0.4, -0.2) is 31.0 Å². The fraction of sp³-hybridized carbons (Fsp3) is 0.182. The number of nitro benzene ring substituents is 1. The molecule has 0 saturated heterocycles. The van der Waals surface area contributed by atoms with E-state index < -0.39 is 10.9 Å². The Labute approximate surface area is 107 Å². The van der Waals surface area contributed by atoms with Crippen molar-refractivity contribution in [3.63, 3.8) is 0 Å². The van der Waals surface area contributed by atoms with Crippen LogP contribution in [0.4, 0.5) is 5.69 Å². The number of benzene rings is 1. The minimum absolute atomic E-state index is 0.0206. The first-order valence-corrected chi connectivity index (χ1v) is 5.36. The number of hydrogen-bond acceptors (Lipinski definition) is 5. The minimum atomic E-state index is -1.01. The second-order valence-corrected chi connectivity index (χ2v) is 3.90. The quantitative estimate of drug-likeness (QED) is 0.652. The number of aliphatic carboxylic acids is 1. The van der Waals surface area contributed by atoms with E-state index >= 15 is 0 Å². The Balaban J connectivity index is 2.42. The molecule has 0 aliphatic rings. The molecule has 0 spiro atoms. The highest BCUT2D eigenvalue weighted by Crippen LogP contribution is 2.23. The van der Waals surface area contributed by atoms with Crippen LogP contribution in [0.2, 0.25) is 0 Å². The summed E-state index contributed by atoms with van der Waals surface area (Å²) in [7, 11) is 0. The van der Waals surface area contributed by atoms with Gasteiger partial charge in [-0.05, 0) is 13.0 Å². The highest BCUT2D eigenvalue weighted by Gasteiger charge is 2.15. The summed E-state index contributed by atoms with van der Waals surface area (Å²) < 4.78 is 1.33. The summed E-state index contributed by atoms with van der Waals surface area (Å²) in [6.07, 6.45) is 1.20. The van der Waals surface area contributed by atoms with Crippen LogP contribution in [0.25, 0.3) is 5.69 Å². The van der Waals surface area contributed by atoms with Gasteiger partial charge < -0.3 is 5.11 Å². The Morgan fingerprint density at radius 3 is 2.89 bits per heavy atom. The number of carbonyl (C=O) groups is 1. The van der Waals surface area contributed by atoms with E-state index in [1.165, 1.54) is 16.9 Å². The van der Waals surface area contributed by atoms with Crippen LogP contribution < -0.4 is 0 Å². The molecule has 1 heterocycles. The van der Waals surface area contributed by atoms with Crippen molar-refractivity contribution in [3.8, 4) is 5.69 Å². The molecule has 0 amide bonds. The van der Waals surface area contributed by atoms with Gasteiger partial charge in [0.1, 0.15) is 0 Å². The molecule has 0 aliphatic heterocycles. The smallest absolute Gasteiger partial charge is 0.309 e. The fourth-order valence-corrected chi connectivity index (χ4v) is 1.71. The van der Waals surface area contributed by atoms with Crippen molar-refractivity contribution in [1.82, 2.24) is 15.0 Å². The molecule has 2 aromatic rings. The topological polar surface area (TPSA) is 111 Å². The van der Waals surface area contributed by atoms with Gasteiger partial charge in [-0.3, -0.25) is 14.9 Å². The predicted molar refractivity (Wildman–Crippen MR) is 64.1 cm³/mol. The zero-order chi connectivity index (χ0) is 14.0. The van der Waals surface area contributed by atoms with Crippen LogP contribution >= 0.6 is 0 Å². The highest BCUT2D eigenvalue weighted by molar-refractivity contribution is 5.69. The van der Waals surface area contributed by atoms with Crippen molar-refractivity contribution in [2.75, 3.05) is 0 Å². The lowest BCUT2D eigenvalue weighted by atomic mass is 10.1. The average Bonchev–Trinajstić information content (AvgIpc) is 2.76. The van der Waals surface area contributed by atoms with Crippen LogP contribution in [0, 0.1) is 17.0 Å². The number of nitrogens with zero attached hydrogens (tertiary/aromatic N) is 4. The molecule has 0 aliphatic carbocycles. The van der Waals surface area contributed by atoms with E-state index in [-0.39, 0.29) is 12.1 Å². The Kier molecular flexibility index (Phi) is 3.23. The van der Waals surface area contributed by atoms with Gasteiger partial charge in [-0.15, -0.1) is 5.10 Å². The number of carboxylic acid groups (broad SMARTS) is 1. The zero-order valence-corrected chi connectivity index (χ0v) is 9.98. The first kappa shape index (κ1) is 12.7. The molecule has 8 nitrogen and oxygen atoms in total. The van der Waals surface area contributed by atoms with Gasteiger partial charge in [0.15, 0.2) is 0 Å². The zero-order valence-electron chi connectivity index (χ0n) is 9.98. The average molecular weight is 262 g/mol. The molecule has 1 aromatic heterocycles. The normalized spacial score (nSPS) is 10.4. The Morgan fingerprint density at radius 2 is 2.26 bits per heavy atom. The van der Waals surface area contributed by atoms with Gasteiger partial charge in [0, 0.05) is 6.07 Å². The first-order valence-electron chi connectivity index (χ1n) is 5.36. The predicted octanol–water partition coefficient (Wildman–Crippen LogP) is 1.11. The second kappa shape index (κ2) is 4.84. The summed E-state index contributed by atoms with van der Waals surface area (Å²) in [5.74, 6) is -1.01. The Bertz CT molecular complexity index is 650. The maximum Gasteiger partial charge on any atom is 0.309 e. The van der Waals surface area contributed by atoms with Crippen LogP contribution in [0.15, 0.2) is 24.4 Å². The number of rotatable bonds is 4. The molecule has 0 saturated carbocycles. The highest BCUT2D eigenvalue weighted by atomic mass is 16.6. The molecular formula is C11H10N4O4. The van der Waals surface area contributed by atoms with Crippen molar-refractivity contribution in [2.45, 2.75) is 13.3 Å². The monoisotopic (exact) mass is 262 g/mol. The van der Waals surface area contributed by atoms with Crippen molar-refractivity contribution in [1.29, 1.82) is 0 Å². The van der Waals surface area contributed by atoms with Gasteiger partial charge in [0.2, 0.25) is 0 Å². The van der Waals surface area contributed by atoms with Crippen molar-refractivity contribution in [3.05, 3.63) is 45.8 Å². The van der Waals surface area contributed by atoms with E-state index in [0.717, 1.165) is 0 Å². The van der Waals surface area contributed by atoms with Crippen molar-refractivity contribution < 1.29 is 14.8 Å². The van der Waals surface area contributed by atoms with Gasteiger partial charge in [0.25, 0.3) is 5.69 Å². The van der Waals surface area contributed by atoms with Crippen LogP contribution in [0.5, 0.6) is 0 Å². The largest absolute Gasteiger partial charge is 0.481 e. The molecule has 1 aromatic carbocycles. The molecule has 0 unspecified atom stereocenters. The van der Waals surface area contributed by atoms with E-state index in [1.807, 2.05) is 0 Å². The third-order valence-corrected chi connectivity index (χ3v) is 2.59. The van der Waals surface area contributed by atoms with Crippen LogP contribution in [0.3, 0.4) is 0 Å². The maximum atomic E-state index is 10.8. The third kappa shape index (κ3) is 2.57. The summed E-state index contributed by atoms with van der Waals surface area (Å²) in [6.45, 7) is 1.60. The fourth-order valence-electron chi connectivity index (χ4n) is 1.71. The standard InChI is InChI=1S/C11H10N4O4/c1-7-9(3-2-4-10(7)15(18)19)14-6-8(12-13-14)5-11(16)17/h2-4,6H,5H2,1H3,(H,16,17). The van der Waals surface area contributed by atoms with Gasteiger partial charge in [-0.1, -0.05) is 11.3 Å². The molecule has 0 atom stereocenters. The molecule has 0 bridgehead atoms. The van der Waals surface area contributed by atoms with E-state index in [0.29, 0.717) is 16.9 Å². The summed E-state index contributed by atoms with van der Waals surface area (Å²) in [6, 6.07) is 4.59. The van der Waals surface area contributed by atoms with Gasteiger partial charge in [-0.25, -0.2) is 4.68 Å².